The van der Waals surface area contributed by atoms with Crippen molar-refractivity contribution in [3.05, 3.63) is 40.9 Å². The standard InChI is InChI=1S/C19H26N2O2S/c1-18(2,3)13-7-9-14(10-8-13)23-11-16(22)21-17-20-15(12-24-17)19(4,5)6/h7-10,12H,11H2,1-6H3,(H,20,21,22). The van der Waals surface area contributed by atoms with Gasteiger partial charge in [-0.15, -0.1) is 11.3 Å². The van der Waals surface area contributed by atoms with Gasteiger partial charge in [-0.25, -0.2) is 4.98 Å². The Bertz CT molecular complexity index is 691. The Morgan fingerprint density at radius 2 is 1.71 bits per heavy atom. The number of carbonyl (C=O) groups is 1. The van der Waals surface area contributed by atoms with Gasteiger partial charge in [0.2, 0.25) is 0 Å². The molecule has 0 saturated heterocycles. The van der Waals surface area contributed by atoms with Gasteiger partial charge in [-0.2, -0.15) is 0 Å². The van der Waals surface area contributed by atoms with E-state index in [0.29, 0.717) is 10.9 Å². The minimum atomic E-state index is -0.204. The van der Waals surface area contributed by atoms with Crippen molar-refractivity contribution < 1.29 is 9.53 Å². The topological polar surface area (TPSA) is 51.2 Å². The van der Waals surface area contributed by atoms with Crippen molar-refractivity contribution in [3.63, 3.8) is 0 Å². The maximum atomic E-state index is 12.0. The molecule has 2 aromatic rings. The zero-order valence-electron chi connectivity index (χ0n) is 15.3. The number of hydrogen-bond acceptors (Lipinski definition) is 4. The van der Waals surface area contributed by atoms with E-state index in [9.17, 15) is 4.79 Å². The first kappa shape index (κ1) is 18.5. The predicted octanol–water partition coefficient (Wildman–Crippen LogP) is 4.76. The molecular weight excluding hydrogens is 320 g/mol. The normalized spacial score (nSPS) is 12.1. The second-order valence-electron chi connectivity index (χ2n) is 7.90. The summed E-state index contributed by atoms with van der Waals surface area (Å²) < 4.78 is 5.55. The van der Waals surface area contributed by atoms with Crippen molar-refractivity contribution in [1.82, 2.24) is 4.98 Å². The van der Waals surface area contributed by atoms with E-state index in [2.05, 4.69) is 51.8 Å². The lowest BCUT2D eigenvalue weighted by Crippen LogP contribution is -2.20. The predicted molar refractivity (Wildman–Crippen MR) is 100 cm³/mol. The maximum Gasteiger partial charge on any atom is 0.264 e. The highest BCUT2D eigenvalue weighted by Crippen LogP contribution is 2.26. The molecule has 1 aromatic heterocycles. The second-order valence-corrected chi connectivity index (χ2v) is 8.76. The number of amides is 1. The highest BCUT2D eigenvalue weighted by atomic mass is 32.1. The van der Waals surface area contributed by atoms with Crippen LogP contribution in [-0.4, -0.2) is 17.5 Å². The smallest absolute Gasteiger partial charge is 0.264 e. The molecule has 0 bridgehead atoms. The van der Waals surface area contributed by atoms with E-state index < -0.39 is 0 Å². The van der Waals surface area contributed by atoms with Crippen LogP contribution in [-0.2, 0) is 15.6 Å². The zero-order chi connectivity index (χ0) is 18.0. The molecule has 0 aliphatic heterocycles. The molecule has 2 rings (SSSR count). The first-order valence-electron chi connectivity index (χ1n) is 8.05. The van der Waals surface area contributed by atoms with Gasteiger partial charge < -0.3 is 4.74 Å². The quantitative estimate of drug-likeness (QED) is 0.868. The molecule has 24 heavy (non-hydrogen) atoms. The van der Waals surface area contributed by atoms with Crippen molar-refractivity contribution >= 4 is 22.4 Å². The number of benzene rings is 1. The minimum absolute atomic E-state index is 0.0230. The van der Waals surface area contributed by atoms with Gasteiger partial charge in [0.1, 0.15) is 5.75 Å². The molecule has 0 fully saturated rings. The average Bonchev–Trinajstić information content (AvgIpc) is 2.93. The van der Waals surface area contributed by atoms with Crippen molar-refractivity contribution in [2.45, 2.75) is 52.4 Å². The van der Waals surface area contributed by atoms with E-state index in [4.69, 9.17) is 4.74 Å². The van der Waals surface area contributed by atoms with Gasteiger partial charge in [-0.1, -0.05) is 53.7 Å². The fourth-order valence-corrected chi connectivity index (χ4v) is 2.98. The Morgan fingerprint density at radius 3 is 2.21 bits per heavy atom. The largest absolute Gasteiger partial charge is 0.484 e. The van der Waals surface area contributed by atoms with E-state index in [1.165, 1.54) is 16.9 Å². The van der Waals surface area contributed by atoms with E-state index >= 15 is 0 Å². The summed E-state index contributed by atoms with van der Waals surface area (Å²) in [4.78, 5) is 16.4. The Kier molecular flexibility index (Phi) is 5.33. The average molecular weight is 346 g/mol. The summed E-state index contributed by atoms with van der Waals surface area (Å²) in [5, 5.41) is 5.37. The Balaban J connectivity index is 1.88. The van der Waals surface area contributed by atoms with E-state index in [-0.39, 0.29) is 23.3 Å². The van der Waals surface area contributed by atoms with Crippen LogP contribution in [0.25, 0.3) is 0 Å². The van der Waals surface area contributed by atoms with Gasteiger partial charge in [0.25, 0.3) is 5.91 Å². The molecule has 4 nitrogen and oxygen atoms in total. The molecule has 5 heteroatoms. The van der Waals surface area contributed by atoms with Crippen LogP contribution in [0.15, 0.2) is 29.6 Å². The summed E-state index contributed by atoms with van der Waals surface area (Å²) in [5.41, 5.74) is 2.29. The lowest BCUT2D eigenvalue weighted by Gasteiger charge is -2.19. The summed E-state index contributed by atoms with van der Waals surface area (Å²) in [6.07, 6.45) is 0. The SMILES string of the molecule is CC(C)(C)c1ccc(OCC(=O)Nc2nc(C(C)(C)C)cs2)cc1. The fourth-order valence-electron chi connectivity index (χ4n) is 2.03. The molecule has 0 spiro atoms. The molecule has 0 saturated carbocycles. The zero-order valence-corrected chi connectivity index (χ0v) is 16.1. The maximum absolute atomic E-state index is 12.0. The van der Waals surface area contributed by atoms with Crippen LogP contribution in [0.1, 0.15) is 52.8 Å². The van der Waals surface area contributed by atoms with Crippen LogP contribution in [0.2, 0.25) is 0 Å². The van der Waals surface area contributed by atoms with Crippen LogP contribution < -0.4 is 10.1 Å². The van der Waals surface area contributed by atoms with E-state index in [0.717, 1.165) is 5.69 Å². The number of hydrogen-bond donors (Lipinski definition) is 1. The third-order valence-electron chi connectivity index (χ3n) is 3.61. The van der Waals surface area contributed by atoms with Gasteiger partial charge in [0.05, 0.1) is 5.69 Å². The van der Waals surface area contributed by atoms with Gasteiger partial charge in [0.15, 0.2) is 11.7 Å². The minimum Gasteiger partial charge on any atom is -0.484 e. The van der Waals surface area contributed by atoms with Crippen molar-refractivity contribution in [2.24, 2.45) is 0 Å². The first-order valence-corrected chi connectivity index (χ1v) is 8.93. The molecule has 1 N–H and O–H groups in total. The van der Waals surface area contributed by atoms with Crippen LogP contribution in [0.5, 0.6) is 5.75 Å². The lowest BCUT2D eigenvalue weighted by molar-refractivity contribution is -0.118. The summed E-state index contributed by atoms with van der Waals surface area (Å²) in [7, 11) is 0. The third kappa shape index (κ3) is 5.06. The summed E-state index contributed by atoms with van der Waals surface area (Å²) in [5.74, 6) is 0.484. The molecular formula is C19H26N2O2S. The van der Waals surface area contributed by atoms with Gasteiger partial charge >= 0.3 is 0 Å². The summed E-state index contributed by atoms with van der Waals surface area (Å²) in [6, 6.07) is 7.86. The first-order chi connectivity index (χ1) is 11.1. The number of rotatable bonds is 4. The highest BCUT2D eigenvalue weighted by Gasteiger charge is 2.18. The van der Waals surface area contributed by atoms with E-state index in [1.54, 1.807) is 0 Å². The van der Waals surface area contributed by atoms with Gasteiger partial charge in [0, 0.05) is 10.8 Å². The molecule has 1 amide bonds. The van der Waals surface area contributed by atoms with E-state index in [1.807, 2.05) is 29.6 Å². The molecule has 0 radical (unpaired) electrons. The lowest BCUT2D eigenvalue weighted by atomic mass is 9.87. The van der Waals surface area contributed by atoms with Crippen molar-refractivity contribution in [3.8, 4) is 5.75 Å². The van der Waals surface area contributed by atoms with Crippen LogP contribution in [0, 0.1) is 0 Å². The van der Waals surface area contributed by atoms with Crippen LogP contribution >= 0.6 is 11.3 Å². The molecule has 1 heterocycles. The summed E-state index contributed by atoms with van der Waals surface area (Å²) in [6.45, 7) is 12.7. The number of thiazole rings is 1. The number of nitrogens with one attached hydrogen (secondary N) is 1. The third-order valence-corrected chi connectivity index (χ3v) is 4.37. The molecule has 0 aliphatic carbocycles. The molecule has 1 aromatic carbocycles. The fraction of sp³-hybridized carbons (Fsp3) is 0.474. The van der Waals surface area contributed by atoms with Crippen molar-refractivity contribution in [1.29, 1.82) is 0 Å². The van der Waals surface area contributed by atoms with Gasteiger partial charge in [-0.3, -0.25) is 10.1 Å². The number of aromatic nitrogens is 1. The number of anilines is 1. The van der Waals surface area contributed by atoms with Crippen LogP contribution in [0.4, 0.5) is 5.13 Å². The summed E-state index contributed by atoms with van der Waals surface area (Å²) >= 11 is 1.43. The number of carbonyl (C=O) groups excluding carboxylic acids is 1. The van der Waals surface area contributed by atoms with Gasteiger partial charge in [-0.05, 0) is 23.1 Å². The Morgan fingerprint density at radius 1 is 1.08 bits per heavy atom. The monoisotopic (exact) mass is 346 g/mol. The van der Waals surface area contributed by atoms with Crippen LogP contribution in [0.3, 0.4) is 0 Å². The molecule has 0 aliphatic rings. The van der Waals surface area contributed by atoms with Crippen molar-refractivity contribution in [2.75, 3.05) is 11.9 Å². The Hall–Kier alpha value is -1.88. The number of nitrogens with zero attached hydrogens (tertiary/aromatic N) is 1. The number of ether oxygens (including phenoxy) is 1. The molecule has 130 valence electrons. The Labute approximate surface area is 148 Å². The molecule has 0 unspecified atom stereocenters. The highest BCUT2D eigenvalue weighted by molar-refractivity contribution is 7.13. The molecule has 0 atom stereocenters. The second kappa shape index (κ2) is 6.93.